The van der Waals surface area contributed by atoms with Gasteiger partial charge in [-0.3, -0.25) is 4.79 Å². The van der Waals surface area contributed by atoms with Gasteiger partial charge in [0.2, 0.25) is 15.9 Å². The van der Waals surface area contributed by atoms with Gasteiger partial charge >= 0.3 is 0 Å². The summed E-state index contributed by atoms with van der Waals surface area (Å²) in [6.45, 7) is 4.14. The molecule has 0 fully saturated rings. The van der Waals surface area contributed by atoms with Crippen molar-refractivity contribution in [3.05, 3.63) is 18.3 Å². The first-order valence-electron chi connectivity index (χ1n) is 5.88. The van der Waals surface area contributed by atoms with Crippen molar-refractivity contribution in [3.63, 3.8) is 0 Å². The Hall–Kier alpha value is -1.38. The number of hydrogen-bond acceptors (Lipinski definition) is 5. The van der Waals surface area contributed by atoms with Gasteiger partial charge in [-0.2, -0.15) is 0 Å². The molecule has 7 nitrogen and oxygen atoms in total. The van der Waals surface area contributed by atoms with E-state index in [1.807, 2.05) is 0 Å². The molecule has 114 valence electrons. The number of nitrogens with one attached hydrogen (secondary N) is 1. The number of nitrogens with two attached hydrogens (primary N) is 1. The minimum atomic E-state index is -3.57. The predicted octanol–water partition coefficient (Wildman–Crippen LogP) is 0.696. The van der Waals surface area contributed by atoms with Crippen molar-refractivity contribution in [2.45, 2.75) is 13.8 Å². The number of carbonyl (C=O) groups excluding carboxylic acids is 1. The fraction of sp³-hybridized carbons (Fsp3) is 0.455. The summed E-state index contributed by atoms with van der Waals surface area (Å²) >= 11 is 0. The van der Waals surface area contributed by atoms with Crippen molar-refractivity contribution in [1.82, 2.24) is 9.29 Å². The number of nitrogen functional groups attached to an aromatic ring is 1. The van der Waals surface area contributed by atoms with Crippen LogP contribution in [0, 0.1) is 0 Å². The van der Waals surface area contributed by atoms with Crippen molar-refractivity contribution in [2.75, 3.05) is 29.9 Å². The second kappa shape index (κ2) is 8.03. The van der Waals surface area contributed by atoms with Crippen LogP contribution in [0.25, 0.3) is 0 Å². The summed E-state index contributed by atoms with van der Waals surface area (Å²) in [5.41, 5.74) is 5.82. The van der Waals surface area contributed by atoms with E-state index in [-0.39, 0.29) is 12.4 Å². The highest BCUT2D eigenvalue weighted by Crippen LogP contribution is 2.08. The average molecular weight is 323 g/mol. The number of rotatable bonds is 6. The maximum absolute atomic E-state index is 11.9. The molecule has 1 rings (SSSR count). The molecular weight excluding hydrogens is 304 g/mol. The van der Waals surface area contributed by atoms with E-state index >= 15 is 0 Å². The zero-order valence-corrected chi connectivity index (χ0v) is 13.0. The number of anilines is 2. The molecule has 0 unspecified atom stereocenters. The zero-order chi connectivity index (χ0) is 14.5. The second-order valence-corrected chi connectivity index (χ2v) is 5.83. The molecule has 0 radical (unpaired) electrons. The molecule has 0 atom stereocenters. The van der Waals surface area contributed by atoms with E-state index < -0.39 is 21.7 Å². The topological polar surface area (TPSA) is 105 Å². The standard InChI is InChI=1S/C11H18N4O3S.ClH/c1-3-15(4-2)19(17,18)8-11(16)14-9-5-6-10(12)13-7-9;/h5-7H,3-4,8H2,1-2H3,(H2,12,13)(H,14,16);1H. The Kier molecular flexibility index (Phi) is 7.48. The van der Waals surface area contributed by atoms with Crippen molar-refractivity contribution >= 4 is 39.8 Å². The minimum absolute atomic E-state index is 0. The molecular formula is C11H19ClN4O3S. The van der Waals surface area contributed by atoms with Crippen molar-refractivity contribution in [3.8, 4) is 0 Å². The Labute approximate surface area is 125 Å². The van der Waals surface area contributed by atoms with Crippen LogP contribution in [0.2, 0.25) is 0 Å². The van der Waals surface area contributed by atoms with Gasteiger partial charge in [-0.05, 0) is 12.1 Å². The highest BCUT2D eigenvalue weighted by Gasteiger charge is 2.22. The third kappa shape index (κ3) is 5.32. The number of hydrogen-bond donors (Lipinski definition) is 2. The molecule has 0 aliphatic rings. The Morgan fingerprint density at radius 3 is 2.40 bits per heavy atom. The molecule has 1 amide bonds. The summed E-state index contributed by atoms with van der Waals surface area (Å²) in [6, 6.07) is 3.08. The summed E-state index contributed by atoms with van der Waals surface area (Å²) in [5, 5.41) is 2.47. The van der Waals surface area contributed by atoms with E-state index in [1.54, 1.807) is 19.9 Å². The van der Waals surface area contributed by atoms with Gasteiger partial charge in [0.1, 0.15) is 11.6 Å². The predicted molar refractivity (Wildman–Crippen MR) is 81.2 cm³/mol. The molecule has 0 saturated heterocycles. The number of nitrogens with zero attached hydrogens (tertiary/aromatic N) is 2. The molecule has 1 aromatic heterocycles. The number of sulfonamides is 1. The van der Waals surface area contributed by atoms with Crippen LogP contribution in [-0.2, 0) is 14.8 Å². The molecule has 0 aliphatic carbocycles. The van der Waals surface area contributed by atoms with Gasteiger partial charge in [0, 0.05) is 13.1 Å². The first-order valence-corrected chi connectivity index (χ1v) is 7.49. The maximum Gasteiger partial charge on any atom is 0.241 e. The number of halogens is 1. The second-order valence-electron chi connectivity index (χ2n) is 3.86. The Bertz CT molecular complexity index is 529. The summed E-state index contributed by atoms with van der Waals surface area (Å²) in [7, 11) is -3.57. The van der Waals surface area contributed by atoms with Crippen LogP contribution in [0.3, 0.4) is 0 Å². The van der Waals surface area contributed by atoms with Crippen LogP contribution in [0.15, 0.2) is 18.3 Å². The molecule has 0 saturated carbocycles. The van der Waals surface area contributed by atoms with Crippen LogP contribution in [0.4, 0.5) is 11.5 Å². The minimum Gasteiger partial charge on any atom is -0.384 e. The van der Waals surface area contributed by atoms with Gasteiger partial charge in [0.15, 0.2) is 0 Å². The SMILES string of the molecule is CCN(CC)S(=O)(=O)CC(=O)Nc1ccc(N)nc1.Cl. The fourth-order valence-corrected chi connectivity index (χ4v) is 2.92. The molecule has 0 spiro atoms. The molecule has 1 aromatic rings. The highest BCUT2D eigenvalue weighted by atomic mass is 35.5. The van der Waals surface area contributed by atoms with Gasteiger partial charge in [-0.15, -0.1) is 12.4 Å². The molecule has 1 heterocycles. The maximum atomic E-state index is 11.9. The van der Waals surface area contributed by atoms with E-state index in [0.29, 0.717) is 24.6 Å². The lowest BCUT2D eigenvalue weighted by molar-refractivity contribution is -0.113. The first kappa shape index (κ1) is 18.6. The fourth-order valence-electron chi connectivity index (χ4n) is 1.55. The molecule has 0 aromatic carbocycles. The first-order chi connectivity index (χ1) is 8.89. The summed E-state index contributed by atoms with van der Waals surface area (Å²) in [4.78, 5) is 15.5. The lowest BCUT2D eigenvalue weighted by Crippen LogP contribution is -2.36. The highest BCUT2D eigenvalue weighted by molar-refractivity contribution is 7.89. The van der Waals surface area contributed by atoms with Crippen molar-refractivity contribution in [1.29, 1.82) is 0 Å². The lowest BCUT2D eigenvalue weighted by Gasteiger charge is -2.17. The molecule has 9 heteroatoms. The molecule has 3 N–H and O–H groups in total. The van der Waals surface area contributed by atoms with E-state index in [9.17, 15) is 13.2 Å². The van der Waals surface area contributed by atoms with Crippen molar-refractivity contribution in [2.24, 2.45) is 0 Å². The third-order valence-electron chi connectivity index (χ3n) is 2.48. The normalized spacial score (nSPS) is 10.9. The quantitative estimate of drug-likeness (QED) is 0.801. The number of pyridine rings is 1. The van der Waals surface area contributed by atoms with Gasteiger partial charge in [0.25, 0.3) is 0 Å². The van der Waals surface area contributed by atoms with E-state index in [0.717, 1.165) is 0 Å². The van der Waals surface area contributed by atoms with Crippen molar-refractivity contribution < 1.29 is 13.2 Å². The summed E-state index contributed by atoms with van der Waals surface area (Å²) in [6.07, 6.45) is 1.37. The van der Waals surface area contributed by atoms with Gasteiger partial charge in [0.05, 0.1) is 11.9 Å². The molecule has 0 aliphatic heterocycles. The van der Waals surface area contributed by atoms with Gasteiger partial charge in [-0.25, -0.2) is 17.7 Å². The molecule has 20 heavy (non-hydrogen) atoms. The summed E-state index contributed by atoms with van der Waals surface area (Å²) in [5.74, 6) is -0.855. The smallest absolute Gasteiger partial charge is 0.241 e. The van der Waals surface area contributed by atoms with Gasteiger partial charge in [-0.1, -0.05) is 13.8 Å². The third-order valence-corrected chi connectivity index (χ3v) is 4.41. The Balaban J connectivity index is 0.00000361. The number of amides is 1. The Morgan fingerprint density at radius 2 is 1.95 bits per heavy atom. The van der Waals surface area contributed by atoms with Crippen LogP contribution >= 0.6 is 12.4 Å². The lowest BCUT2D eigenvalue weighted by atomic mass is 10.4. The van der Waals surface area contributed by atoms with Crippen LogP contribution in [0.1, 0.15) is 13.8 Å². The van der Waals surface area contributed by atoms with Crippen LogP contribution in [0.5, 0.6) is 0 Å². The summed E-state index contributed by atoms with van der Waals surface area (Å²) < 4.78 is 25.0. The monoisotopic (exact) mass is 322 g/mol. The zero-order valence-electron chi connectivity index (χ0n) is 11.4. The van der Waals surface area contributed by atoms with E-state index in [1.165, 1.54) is 16.6 Å². The molecule has 0 bridgehead atoms. The van der Waals surface area contributed by atoms with Crippen LogP contribution < -0.4 is 11.1 Å². The average Bonchev–Trinajstić information content (AvgIpc) is 2.32. The van der Waals surface area contributed by atoms with Gasteiger partial charge < -0.3 is 11.1 Å². The van der Waals surface area contributed by atoms with Crippen LogP contribution in [-0.4, -0.2) is 42.5 Å². The largest absolute Gasteiger partial charge is 0.384 e. The Morgan fingerprint density at radius 1 is 1.35 bits per heavy atom. The number of aromatic nitrogens is 1. The van der Waals surface area contributed by atoms with E-state index in [2.05, 4.69) is 10.3 Å². The number of carbonyl (C=O) groups is 1. The van der Waals surface area contributed by atoms with E-state index in [4.69, 9.17) is 5.73 Å².